The summed E-state index contributed by atoms with van der Waals surface area (Å²) in [4.78, 5) is 5.33. The van der Waals surface area contributed by atoms with Crippen LogP contribution in [-0.4, -0.2) is 27.0 Å². The minimum atomic E-state index is -3.58. The van der Waals surface area contributed by atoms with Gasteiger partial charge in [-0.05, 0) is 39.9 Å². The van der Waals surface area contributed by atoms with Gasteiger partial charge in [0.15, 0.2) is 0 Å². The summed E-state index contributed by atoms with van der Waals surface area (Å²) >= 11 is 4.85. The van der Waals surface area contributed by atoms with E-state index >= 15 is 0 Å². The molecule has 20 heavy (non-hydrogen) atoms. The van der Waals surface area contributed by atoms with Crippen molar-refractivity contribution in [2.45, 2.75) is 11.3 Å². The standard InChI is InChI=1S/C12H14BrN3O2S2/c1-14-12-11(7-9(13)8-15-12)20(17,18)16-5-4-10-3-2-6-19-10/h2-3,6-8,16H,4-5H2,1H3,(H,14,15). The van der Waals surface area contributed by atoms with Crippen molar-refractivity contribution in [3.63, 3.8) is 0 Å². The molecular formula is C12H14BrN3O2S2. The minimum absolute atomic E-state index is 0.139. The molecule has 0 fully saturated rings. The van der Waals surface area contributed by atoms with Crippen LogP contribution in [0.25, 0.3) is 0 Å². The lowest BCUT2D eigenvalue weighted by atomic mass is 10.3. The van der Waals surface area contributed by atoms with Crippen LogP contribution in [0.2, 0.25) is 0 Å². The quantitative estimate of drug-likeness (QED) is 0.813. The zero-order chi connectivity index (χ0) is 14.6. The summed E-state index contributed by atoms with van der Waals surface area (Å²) in [5.41, 5.74) is 0. The number of nitrogens with zero attached hydrogens (tertiary/aromatic N) is 1. The highest BCUT2D eigenvalue weighted by molar-refractivity contribution is 9.10. The number of halogens is 1. The predicted octanol–water partition coefficient (Wildman–Crippen LogP) is 2.47. The average molecular weight is 376 g/mol. The Morgan fingerprint density at radius 3 is 2.90 bits per heavy atom. The van der Waals surface area contributed by atoms with Crippen LogP contribution >= 0.6 is 27.3 Å². The van der Waals surface area contributed by atoms with Crippen LogP contribution in [-0.2, 0) is 16.4 Å². The van der Waals surface area contributed by atoms with E-state index in [-0.39, 0.29) is 4.90 Å². The van der Waals surface area contributed by atoms with Gasteiger partial charge in [-0.1, -0.05) is 6.07 Å². The Hall–Kier alpha value is -0.960. The first kappa shape index (κ1) is 15.4. The molecule has 5 nitrogen and oxygen atoms in total. The van der Waals surface area contributed by atoms with Crippen LogP contribution in [0.3, 0.4) is 0 Å². The van der Waals surface area contributed by atoms with Crippen LogP contribution in [0.4, 0.5) is 5.82 Å². The van der Waals surface area contributed by atoms with Crippen LogP contribution < -0.4 is 10.0 Å². The SMILES string of the molecule is CNc1ncc(Br)cc1S(=O)(=O)NCCc1cccs1. The van der Waals surface area contributed by atoms with Crippen molar-refractivity contribution in [3.8, 4) is 0 Å². The molecule has 0 saturated carbocycles. The number of nitrogens with one attached hydrogen (secondary N) is 2. The van der Waals surface area contributed by atoms with E-state index in [0.29, 0.717) is 23.3 Å². The minimum Gasteiger partial charge on any atom is -0.372 e. The maximum absolute atomic E-state index is 12.3. The molecule has 0 aromatic carbocycles. The van der Waals surface area contributed by atoms with Crippen LogP contribution in [0.15, 0.2) is 39.1 Å². The second-order valence-corrected chi connectivity index (χ2v) is 7.66. The third kappa shape index (κ3) is 3.78. The van der Waals surface area contributed by atoms with E-state index < -0.39 is 10.0 Å². The third-order valence-electron chi connectivity index (χ3n) is 2.59. The molecule has 0 saturated heterocycles. The highest BCUT2D eigenvalue weighted by atomic mass is 79.9. The topological polar surface area (TPSA) is 71.1 Å². The Bertz CT molecular complexity index is 672. The maximum atomic E-state index is 12.3. The fourth-order valence-corrected chi connectivity index (χ4v) is 4.06. The molecule has 0 amide bonds. The number of sulfonamides is 1. The smallest absolute Gasteiger partial charge is 0.244 e. The number of anilines is 1. The Labute approximate surface area is 130 Å². The summed E-state index contributed by atoms with van der Waals surface area (Å²) in [6, 6.07) is 5.47. The fraction of sp³-hybridized carbons (Fsp3) is 0.250. The first-order chi connectivity index (χ1) is 9.53. The Balaban J connectivity index is 2.11. The van der Waals surface area contributed by atoms with E-state index in [1.54, 1.807) is 24.6 Å². The lowest BCUT2D eigenvalue weighted by molar-refractivity contribution is 0.581. The number of aromatic nitrogens is 1. The van der Waals surface area contributed by atoms with E-state index in [4.69, 9.17) is 0 Å². The largest absolute Gasteiger partial charge is 0.372 e. The highest BCUT2D eigenvalue weighted by Crippen LogP contribution is 2.22. The van der Waals surface area contributed by atoms with Crippen molar-refractivity contribution in [1.29, 1.82) is 0 Å². The van der Waals surface area contributed by atoms with Crippen molar-refractivity contribution in [2.24, 2.45) is 0 Å². The molecule has 0 atom stereocenters. The van der Waals surface area contributed by atoms with Crippen LogP contribution in [0.1, 0.15) is 4.88 Å². The normalized spacial score (nSPS) is 11.5. The van der Waals surface area contributed by atoms with Crippen molar-refractivity contribution in [2.75, 3.05) is 18.9 Å². The highest BCUT2D eigenvalue weighted by Gasteiger charge is 2.19. The molecule has 0 unspecified atom stereocenters. The lowest BCUT2D eigenvalue weighted by Crippen LogP contribution is -2.26. The monoisotopic (exact) mass is 375 g/mol. The summed E-state index contributed by atoms with van der Waals surface area (Å²) in [5.74, 6) is 0.330. The molecule has 0 spiro atoms. The molecule has 0 aliphatic rings. The molecule has 2 aromatic rings. The summed E-state index contributed by atoms with van der Waals surface area (Å²) in [5, 5.41) is 4.76. The number of hydrogen-bond acceptors (Lipinski definition) is 5. The second kappa shape index (κ2) is 6.66. The molecule has 108 valence electrons. The molecule has 0 aliphatic carbocycles. The van der Waals surface area contributed by atoms with Crippen molar-refractivity contribution < 1.29 is 8.42 Å². The van der Waals surface area contributed by atoms with Crippen LogP contribution in [0.5, 0.6) is 0 Å². The van der Waals surface area contributed by atoms with Gasteiger partial charge in [-0.2, -0.15) is 0 Å². The Morgan fingerprint density at radius 2 is 2.25 bits per heavy atom. The summed E-state index contributed by atoms with van der Waals surface area (Å²) in [7, 11) is -1.94. The molecular weight excluding hydrogens is 362 g/mol. The van der Waals surface area contributed by atoms with Gasteiger partial charge in [0.25, 0.3) is 0 Å². The lowest BCUT2D eigenvalue weighted by Gasteiger charge is -2.10. The van der Waals surface area contributed by atoms with Gasteiger partial charge < -0.3 is 5.32 Å². The molecule has 2 rings (SSSR count). The number of rotatable bonds is 6. The average Bonchev–Trinajstić information content (AvgIpc) is 2.91. The summed E-state index contributed by atoms with van der Waals surface area (Å²) < 4.78 is 27.8. The zero-order valence-corrected chi connectivity index (χ0v) is 14.0. The molecule has 0 bridgehead atoms. The molecule has 8 heteroatoms. The third-order valence-corrected chi connectivity index (χ3v) is 5.43. The van der Waals surface area contributed by atoms with Gasteiger partial charge >= 0.3 is 0 Å². The number of pyridine rings is 1. The van der Waals surface area contributed by atoms with Crippen molar-refractivity contribution >= 4 is 43.1 Å². The van der Waals surface area contributed by atoms with Gasteiger partial charge in [-0.3, -0.25) is 0 Å². The van der Waals surface area contributed by atoms with Gasteiger partial charge in [0.05, 0.1) is 0 Å². The fourth-order valence-electron chi connectivity index (χ4n) is 1.65. The Kier molecular flexibility index (Phi) is 5.14. The van der Waals surface area contributed by atoms with E-state index in [0.717, 1.165) is 4.88 Å². The van der Waals surface area contributed by atoms with E-state index in [1.165, 1.54) is 6.07 Å². The van der Waals surface area contributed by atoms with Gasteiger partial charge in [-0.25, -0.2) is 18.1 Å². The second-order valence-electron chi connectivity index (χ2n) is 3.98. The molecule has 2 N–H and O–H groups in total. The zero-order valence-electron chi connectivity index (χ0n) is 10.8. The maximum Gasteiger partial charge on any atom is 0.244 e. The molecule has 2 heterocycles. The molecule has 0 radical (unpaired) electrons. The van der Waals surface area contributed by atoms with E-state index in [9.17, 15) is 8.42 Å². The predicted molar refractivity (Wildman–Crippen MR) is 84.7 cm³/mol. The van der Waals surface area contributed by atoms with Gasteiger partial charge in [0.2, 0.25) is 10.0 Å². The molecule has 2 aromatic heterocycles. The Morgan fingerprint density at radius 1 is 1.45 bits per heavy atom. The summed E-state index contributed by atoms with van der Waals surface area (Å²) in [6.45, 7) is 0.360. The summed E-state index contributed by atoms with van der Waals surface area (Å²) in [6.07, 6.45) is 2.23. The van der Waals surface area contributed by atoms with Gasteiger partial charge in [-0.15, -0.1) is 11.3 Å². The van der Waals surface area contributed by atoms with Crippen molar-refractivity contribution in [1.82, 2.24) is 9.71 Å². The number of thiophene rings is 1. The first-order valence-electron chi connectivity index (χ1n) is 5.88. The molecule has 0 aliphatic heterocycles. The van der Waals surface area contributed by atoms with Gasteiger partial charge in [0.1, 0.15) is 10.7 Å². The van der Waals surface area contributed by atoms with Gasteiger partial charge in [0, 0.05) is 29.1 Å². The van der Waals surface area contributed by atoms with E-state index in [1.807, 2.05) is 17.5 Å². The van der Waals surface area contributed by atoms with Crippen molar-refractivity contribution in [3.05, 3.63) is 39.1 Å². The first-order valence-corrected chi connectivity index (χ1v) is 9.04. The number of hydrogen-bond donors (Lipinski definition) is 2. The van der Waals surface area contributed by atoms with Crippen LogP contribution in [0, 0.1) is 0 Å². The van der Waals surface area contributed by atoms with E-state index in [2.05, 4.69) is 31.0 Å².